The predicted molar refractivity (Wildman–Crippen MR) is 74.2 cm³/mol. The Hall–Kier alpha value is -1.68. The number of benzene rings is 1. The Bertz CT molecular complexity index is 522. The van der Waals surface area contributed by atoms with Gasteiger partial charge in [-0.25, -0.2) is 4.39 Å². The molecular weight excluding hydrogens is 241 g/mol. The highest BCUT2D eigenvalue weighted by atomic mass is 19.1. The first-order chi connectivity index (χ1) is 9.20. The van der Waals surface area contributed by atoms with Crippen molar-refractivity contribution >= 4 is 0 Å². The highest BCUT2D eigenvalue weighted by Gasteiger charge is 2.07. The Balaban J connectivity index is 1.96. The van der Waals surface area contributed by atoms with Crippen molar-refractivity contribution in [3.05, 3.63) is 53.6 Å². The summed E-state index contributed by atoms with van der Waals surface area (Å²) in [7, 11) is 0. The van der Waals surface area contributed by atoms with Crippen LogP contribution in [0.2, 0.25) is 0 Å². The van der Waals surface area contributed by atoms with Crippen LogP contribution in [-0.2, 0) is 13.1 Å². The van der Waals surface area contributed by atoms with Crippen LogP contribution in [-0.4, -0.2) is 9.78 Å². The summed E-state index contributed by atoms with van der Waals surface area (Å²) in [6, 6.07) is 8.84. The molecule has 0 bridgehead atoms. The fourth-order valence-electron chi connectivity index (χ4n) is 2.07. The zero-order chi connectivity index (χ0) is 13.7. The number of nitrogens with zero attached hydrogens (tertiary/aromatic N) is 2. The quantitative estimate of drug-likeness (QED) is 0.864. The zero-order valence-electron chi connectivity index (χ0n) is 11.4. The van der Waals surface area contributed by atoms with Gasteiger partial charge in [0.05, 0.1) is 5.69 Å². The Labute approximate surface area is 113 Å². The molecule has 0 amide bonds. The van der Waals surface area contributed by atoms with Gasteiger partial charge in [0, 0.05) is 25.3 Å². The van der Waals surface area contributed by atoms with E-state index in [-0.39, 0.29) is 11.9 Å². The molecule has 0 aliphatic rings. The van der Waals surface area contributed by atoms with E-state index in [2.05, 4.69) is 17.3 Å². The molecule has 0 fully saturated rings. The van der Waals surface area contributed by atoms with Crippen molar-refractivity contribution in [1.29, 1.82) is 0 Å². The van der Waals surface area contributed by atoms with Crippen LogP contribution in [0.25, 0.3) is 0 Å². The van der Waals surface area contributed by atoms with Crippen molar-refractivity contribution in [2.24, 2.45) is 0 Å². The largest absolute Gasteiger partial charge is 0.305 e. The number of aromatic nitrogens is 2. The average molecular weight is 261 g/mol. The van der Waals surface area contributed by atoms with Crippen molar-refractivity contribution < 1.29 is 4.39 Å². The fraction of sp³-hybridized carbons (Fsp3) is 0.400. The van der Waals surface area contributed by atoms with Gasteiger partial charge in [-0.3, -0.25) is 4.68 Å². The second-order valence-electron chi connectivity index (χ2n) is 4.70. The van der Waals surface area contributed by atoms with Gasteiger partial charge >= 0.3 is 0 Å². The second kappa shape index (κ2) is 6.48. The molecule has 1 heterocycles. The maximum atomic E-state index is 13.2. The molecule has 1 aromatic carbocycles. The summed E-state index contributed by atoms with van der Waals surface area (Å²) < 4.78 is 15.2. The third kappa shape index (κ3) is 3.64. The predicted octanol–water partition coefficient (Wildman–Crippen LogP) is 3.28. The lowest BCUT2D eigenvalue weighted by atomic mass is 10.1. The molecular formula is C15H20FN3. The lowest BCUT2D eigenvalue weighted by molar-refractivity contribution is 0.514. The van der Waals surface area contributed by atoms with Gasteiger partial charge in [0.1, 0.15) is 5.82 Å². The highest BCUT2D eigenvalue weighted by molar-refractivity contribution is 5.19. The summed E-state index contributed by atoms with van der Waals surface area (Å²) in [5.41, 5.74) is 2.12. The van der Waals surface area contributed by atoms with Gasteiger partial charge in [-0.15, -0.1) is 0 Å². The van der Waals surface area contributed by atoms with E-state index in [0.717, 1.165) is 30.8 Å². The number of nitrogens with one attached hydrogen (secondary N) is 1. The van der Waals surface area contributed by atoms with Crippen LogP contribution in [0, 0.1) is 5.82 Å². The van der Waals surface area contributed by atoms with E-state index >= 15 is 0 Å². The molecule has 1 unspecified atom stereocenters. The minimum absolute atomic E-state index is 0.112. The molecule has 0 aliphatic heterocycles. The summed E-state index contributed by atoms with van der Waals surface area (Å²) >= 11 is 0. The van der Waals surface area contributed by atoms with Crippen LogP contribution in [0.1, 0.15) is 37.6 Å². The van der Waals surface area contributed by atoms with E-state index in [1.807, 2.05) is 29.9 Å². The molecule has 3 nitrogen and oxygen atoms in total. The minimum Gasteiger partial charge on any atom is -0.305 e. The number of rotatable bonds is 6. The molecule has 102 valence electrons. The number of halogens is 1. The molecule has 4 heteroatoms. The molecule has 1 atom stereocenters. The normalized spacial score (nSPS) is 12.6. The summed E-state index contributed by atoms with van der Waals surface area (Å²) in [5.74, 6) is -0.192. The van der Waals surface area contributed by atoms with Gasteiger partial charge in [0.2, 0.25) is 0 Å². The number of hydrogen-bond donors (Lipinski definition) is 1. The van der Waals surface area contributed by atoms with Crippen LogP contribution in [0.5, 0.6) is 0 Å². The van der Waals surface area contributed by atoms with Crippen LogP contribution in [0.4, 0.5) is 4.39 Å². The van der Waals surface area contributed by atoms with E-state index in [9.17, 15) is 4.39 Å². The molecule has 2 aromatic rings. The van der Waals surface area contributed by atoms with Gasteiger partial charge in [0.25, 0.3) is 0 Å². The maximum absolute atomic E-state index is 13.2. The van der Waals surface area contributed by atoms with Crippen molar-refractivity contribution in [1.82, 2.24) is 15.1 Å². The number of hydrogen-bond acceptors (Lipinski definition) is 2. The van der Waals surface area contributed by atoms with Gasteiger partial charge < -0.3 is 5.32 Å². The lowest BCUT2D eigenvalue weighted by Crippen LogP contribution is -2.20. The monoisotopic (exact) mass is 261 g/mol. The molecule has 0 saturated heterocycles. The van der Waals surface area contributed by atoms with Crippen molar-refractivity contribution in [3.8, 4) is 0 Å². The summed E-state index contributed by atoms with van der Waals surface area (Å²) in [6.07, 6.45) is 2.88. The maximum Gasteiger partial charge on any atom is 0.123 e. The van der Waals surface area contributed by atoms with Crippen LogP contribution < -0.4 is 5.32 Å². The van der Waals surface area contributed by atoms with Gasteiger partial charge in [-0.05, 0) is 37.1 Å². The molecule has 0 saturated carbocycles. The van der Waals surface area contributed by atoms with Gasteiger partial charge in [-0.2, -0.15) is 5.10 Å². The van der Waals surface area contributed by atoms with Gasteiger partial charge in [0.15, 0.2) is 0 Å². The van der Waals surface area contributed by atoms with Gasteiger partial charge in [-0.1, -0.05) is 19.1 Å². The second-order valence-corrected chi connectivity index (χ2v) is 4.70. The molecule has 0 aliphatic carbocycles. The standard InChI is InChI=1S/C15H20FN3/c1-3-9-19-15(7-8-18-19)11-17-12(2)13-5-4-6-14(16)10-13/h4-8,10,12,17H,3,9,11H2,1-2H3. The van der Waals surface area contributed by atoms with Crippen LogP contribution >= 0.6 is 0 Å². The summed E-state index contributed by atoms with van der Waals surface area (Å²) in [5, 5.41) is 7.69. The van der Waals surface area contributed by atoms with E-state index < -0.39 is 0 Å². The third-order valence-corrected chi connectivity index (χ3v) is 3.18. The van der Waals surface area contributed by atoms with E-state index in [0.29, 0.717) is 0 Å². The molecule has 1 aromatic heterocycles. The number of aryl methyl sites for hydroxylation is 1. The third-order valence-electron chi connectivity index (χ3n) is 3.18. The molecule has 19 heavy (non-hydrogen) atoms. The van der Waals surface area contributed by atoms with E-state index in [1.54, 1.807) is 12.1 Å². The first-order valence-electron chi connectivity index (χ1n) is 6.70. The lowest BCUT2D eigenvalue weighted by Gasteiger charge is -2.15. The smallest absolute Gasteiger partial charge is 0.123 e. The van der Waals surface area contributed by atoms with E-state index in [4.69, 9.17) is 0 Å². The molecule has 2 rings (SSSR count). The summed E-state index contributed by atoms with van der Waals surface area (Å²) in [4.78, 5) is 0. The topological polar surface area (TPSA) is 29.9 Å². The Kier molecular flexibility index (Phi) is 4.68. The van der Waals surface area contributed by atoms with Crippen molar-refractivity contribution in [2.45, 2.75) is 39.4 Å². The van der Waals surface area contributed by atoms with Crippen molar-refractivity contribution in [3.63, 3.8) is 0 Å². The zero-order valence-corrected chi connectivity index (χ0v) is 11.4. The summed E-state index contributed by atoms with van der Waals surface area (Å²) in [6.45, 7) is 5.83. The van der Waals surface area contributed by atoms with Crippen LogP contribution in [0.15, 0.2) is 36.5 Å². The Morgan fingerprint density at radius 1 is 1.37 bits per heavy atom. The SMILES string of the molecule is CCCn1nccc1CNC(C)c1cccc(F)c1. The molecule has 0 spiro atoms. The first kappa shape index (κ1) is 13.7. The fourth-order valence-corrected chi connectivity index (χ4v) is 2.07. The van der Waals surface area contributed by atoms with Crippen molar-refractivity contribution in [2.75, 3.05) is 0 Å². The molecule has 1 N–H and O–H groups in total. The Morgan fingerprint density at radius 2 is 2.21 bits per heavy atom. The van der Waals surface area contributed by atoms with Crippen LogP contribution in [0.3, 0.4) is 0 Å². The van der Waals surface area contributed by atoms with E-state index in [1.165, 1.54) is 6.07 Å². The first-order valence-corrected chi connectivity index (χ1v) is 6.70. The highest BCUT2D eigenvalue weighted by Crippen LogP contribution is 2.14. The molecule has 0 radical (unpaired) electrons. The average Bonchev–Trinajstić information content (AvgIpc) is 2.84. The minimum atomic E-state index is -0.192. The Morgan fingerprint density at radius 3 is 2.95 bits per heavy atom.